The second-order valence-electron chi connectivity index (χ2n) is 7.11. The number of amides is 1. The van der Waals surface area contributed by atoms with Gasteiger partial charge in [-0.3, -0.25) is 4.79 Å². The molecule has 0 saturated heterocycles. The average Bonchev–Trinajstić information content (AvgIpc) is 3.24. The van der Waals surface area contributed by atoms with Crippen molar-refractivity contribution in [2.45, 2.75) is 17.4 Å². The number of anilines is 1. The van der Waals surface area contributed by atoms with Crippen LogP contribution < -0.4 is 5.32 Å². The first-order chi connectivity index (χ1) is 14.8. The Hall–Kier alpha value is -2.40. The number of sulfonamides is 1. The number of aliphatic imine (C=N–C) groups is 1. The molecule has 4 rings (SSSR count). The molecule has 2 aromatic carbocycles. The van der Waals surface area contributed by atoms with Gasteiger partial charge in [-0.05, 0) is 24.3 Å². The molecular weight excluding hydrogens is 458 g/mol. The second-order valence-corrected chi connectivity index (χ2v) is 10.6. The van der Waals surface area contributed by atoms with Gasteiger partial charge in [0.25, 0.3) is 0 Å². The summed E-state index contributed by atoms with van der Waals surface area (Å²) in [6, 6.07) is 12.2. The number of hydrogen-bond donors (Lipinski definition) is 1. The molecule has 8 nitrogen and oxygen atoms in total. The highest BCUT2D eigenvalue weighted by Gasteiger charge is 2.32. The average molecular weight is 478 g/mol. The summed E-state index contributed by atoms with van der Waals surface area (Å²) < 4.78 is 25.8. The minimum Gasteiger partial charge on any atom is -0.324 e. The first kappa shape index (κ1) is 21.8. The molecule has 1 N–H and O–H groups in total. The van der Waals surface area contributed by atoms with E-state index in [9.17, 15) is 13.2 Å². The van der Waals surface area contributed by atoms with E-state index in [1.54, 1.807) is 0 Å². The van der Waals surface area contributed by atoms with Gasteiger partial charge < -0.3 is 5.32 Å². The highest BCUT2D eigenvalue weighted by atomic mass is 35.5. The fourth-order valence-electron chi connectivity index (χ4n) is 3.27. The Labute approximate surface area is 190 Å². The van der Waals surface area contributed by atoms with Crippen LogP contribution in [-0.2, 0) is 14.8 Å². The van der Waals surface area contributed by atoms with Gasteiger partial charge in [0.2, 0.25) is 15.9 Å². The summed E-state index contributed by atoms with van der Waals surface area (Å²) >= 11 is 7.43. The lowest BCUT2D eigenvalue weighted by Gasteiger charge is -2.29. The van der Waals surface area contributed by atoms with Gasteiger partial charge in [-0.25, -0.2) is 22.7 Å². The lowest BCUT2D eigenvalue weighted by atomic mass is 10.0. The molecule has 2 aliphatic heterocycles. The number of nitrogens with zero attached hydrogens (tertiary/aromatic N) is 4. The van der Waals surface area contributed by atoms with Crippen molar-refractivity contribution in [3.8, 4) is 0 Å². The number of carbonyl (C=O) groups is 1. The van der Waals surface area contributed by atoms with Crippen LogP contribution in [0.5, 0.6) is 0 Å². The second kappa shape index (κ2) is 8.62. The zero-order chi connectivity index (χ0) is 22.2. The van der Waals surface area contributed by atoms with E-state index < -0.39 is 10.0 Å². The molecule has 0 aliphatic carbocycles. The summed E-state index contributed by atoms with van der Waals surface area (Å²) in [6.45, 7) is 0. The van der Waals surface area contributed by atoms with E-state index in [1.807, 2.05) is 35.5 Å². The minimum absolute atomic E-state index is 0.0485. The number of thioether (sulfide) groups is 1. The van der Waals surface area contributed by atoms with Gasteiger partial charge in [0, 0.05) is 32.3 Å². The molecule has 0 spiro atoms. The van der Waals surface area contributed by atoms with Crippen LogP contribution in [0.4, 0.5) is 11.4 Å². The first-order valence-corrected chi connectivity index (χ1v) is 12.2. The van der Waals surface area contributed by atoms with Crippen molar-refractivity contribution < 1.29 is 13.2 Å². The van der Waals surface area contributed by atoms with Crippen molar-refractivity contribution in [1.82, 2.24) is 9.31 Å². The third-order valence-corrected chi connectivity index (χ3v) is 7.94. The molecule has 0 fully saturated rings. The molecule has 2 heterocycles. The molecule has 1 atom stereocenters. The Morgan fingerprint density at radius 1 is 1.29 bits per heavy atom. The van der Waals surface area contributed by atoms with Gasteiger partial charge in [0.05, 0.1) is 33.1 Å². The standard InChI is InChI=1S/C20H20ClN5O3S2/c1-25(2)31(28,29)13-7-8-15(21)17(11-13)23-19(27)12-30-20-24-16-6-4-3-5-14(16)18-9-10-22-26(18)20/h3-8,10-11,18H,9,12H2,1-2H3,(H,23,27)/t18-/m0/s1. The van der Waals surface area contributed by atoms with E-state index in [0.29, 0.717) is 5.17 Å². The van der Waals surface area contributed by atoms with Gasteiger partial charge in [-0.1, -0.05) is 41.6 Å². The van der Waals surface area contributed by atoms with Crippen LogP contribution in [0.2, 0.25) is 5.02 Å². The molecule has 31 heavy (non-hydrogen) atoms. The first-order valence-electron chi connectivity index (χ1n) is 9.41. The third-order valence-electron chi connectivity index (χ3n) is 4.86. The van der Waals surface area contributed by atoms with Crippen molar-refractivity contribution in [2.24, 2.45) is 10.1 Å². The number of halogens is 1. The summed E-state index contributed by atoms with van der Waals surface area (Å²) in [4.78, 5) is 17.3. The lowest BCUT2D eigenvalue weighted by molar-refractivity contribution is -0.113. The van der Waals surface area contributed by atoms with Crippen LogP contribution in [0.25, 0.3) is 0 Å². The van der Waals surface area contributed by atoms with Crippen molar-refractivity contribution in [1.29, 1.82) is 0 Å². The van der Waals surface area contributed by atoms with Crippen LogP contribution in [-0.4, -0.2) is 54.9 Å². The Morgan fingerprint density at radius 2 is 2.06 bits per heavy atom. The number of hydrazone groups is 1. The van der Waals surface area contributed by atoms with Crippen LogP contribution in [0.3, 0.4) is 0 Å². The number of hydrogen-bond acceptors (Lipinski definition) is 7. The molecule has 0 radical (unpaired) electrons. The Kier molecular flexibility index (Phi) is 6.07. The summed E-state index contributed by atoms with van der Waals surface area (Å²) in [5.74, 6) is -0.256. The van der Waals surface area contributed by atoms with Gasteiger partial charge in [-0.15, -0.1) is 0 Å². The van der Waals surface area contributed by atoms with Gasteiger partial charge >= 0.3 is 0 Å². The molecule has 0 saturated carbocycles. The maximum absolute atomic E-state index is 12.6. The zero-order valence-corrected chi connectivity index (χ0v) is 19.2. The van der Waals surface area contributed by atoms with Gasteiger partial charge in [0.1, 0.15) is 0 Å². The maximum atomic E-state index is 12.6. The number of carbonyl (C=O) groups excluding carboxylic acids is 1. The van der Waals surface area contributed by atoms with E-state index in [-0.39, 0.29) is 33.3 Å². The molecule has 2 aromatic rings. The fraction of sp³-hybridized carbons (Fsp3) is 0.250. The van der Waals surface area contributed by atoms with Crippen molar-refractivity contribution >= 4 is 62.1 Å². The summed E-state index contributed by atoms with van der Waals surface area (Å²) in [5.41, 5.74) is 2.23. The predicted molar refractivity (Wildman–Crippen MR) is 125 cm³/mol. The molecule has 0 aromatic heterocycles. The smallest absolute Gasteiger partial charge is 0.242 e. The molecule has 11 heteroatoms. The number of benzene rings is 2. The lowest BCUT2D eigenvalue weighted by Crippen LogP contribution is -2.29. The largest absolute Gasteiger partial charge is 0.324 e. The third kappa shape index (κ3) is 4.33. The van der Waals surface area contributed by atoms with Gasteiger partial charge in [0.15, 0.2) is 5.17 Å². The van der Waals surface area contributed by atoms with Crippen LogP contribution >= 0.6 is 23.4 Å². The van der Waals surface area contributed by atoms with E-state index in [0.717, 1.165) is 22.0 Å². The number of nitrogens with one attached hydrogen (secondary N) is 1. The Morgan fingerprint density at radius 3 is 2.84 bits per heavy atom. The maximum Gasteiger partial charge on any atom is 0.242 e. The van der Waals surface area contributed by atoms with Crippen LogP contribution in [0.1, 0.15) is 18.0 Å². The van der Waals surface area contributed by atoms with E-state index in [1.165, 1.54) is 44.1 Å². The van der Waals surface area contributed by atoms with Gasteiger partial charge in [-0.2, -0.15) is 5.10 Å². The van der Waals surface area contributed by atoms with Crippen molar-refractivity contribution in [2.75, 3.05) is 25.2 Å². The molecule has 2 aliphatic rings. The summed E-state index contributed by atoms with van der Waals surface area (Å²) in [7, 11) is -0.762. The topological polar surface area (TPSA) is 94.4 Å². The Balaban J connectivity index is 1.48. The summed E-state index contributed by atoms with van der Waals surface area (Å²) in [6.07, 6.45) is 2.63. The molecule has 162 valence electrons. The van der Waals surface area contributed by atoms with Crippen molar-refractivity contribution in [3.05, 3.63) is 53.1 Å². The highest BCUT2D eigenvalue weighted by Crippen LogP contribution is 2.40. The molecule has 0 bridgehead atoms. The van der Waals surface area contributed by atoms with E-state index in [2.05, 4.69) is 15.4 Å². The number of rotatable bonds is 5. The van der Waals surface area contributed by atoms with Crippen molar-refractivity contribution in [3.63, 3.8) is 0 Å². The SMILES string of the molecule is CN(C)S(=O)(=O)c1ccc(Cl)c(NC(=O)CSC2=Nc3ccccc3[C@@H]3CC=NN23)c1. The zero-order valence-electron chi connectivity index (χ0n) is 16.8. The quantitative estimate of drug-likeness (QED) is 0.708. The monoisotopic (exact) mass is 477 g/mol. The molecular formula is C20H20ClN5O3S2. The number of para-hydroxylation sites is 1. The summed E-state index contributed by atoms with van der Waals surface area (Å²) in [5, 5.41) is 9.82. The Bertz CT molecular complexity index is 1200. The fourth-order valence-corrected chi connectivity index (χ4v) is 5.16. The van der Waals surface area contributed by atoms with E-state index in [4.69, 9.17) is 11.6 Å². The number of amidine groups is 1. The normalized spacial score (nSPS) is 17.4. The molecule has 1 amide bonds. The van der Waals surface area contributed by atoms with Crippen LogP contribution in [0.15, 0.2) is 57.5 Å². The van der Waals surface area contributed by atoms with Crippen LogP contribution in [0, 0.1) is 0 Å². The predicted octanol–water partition coefficient (Wildman–Crippen LogP) is 3.70. The minimum atomic E-state index is -3.64. The number of fused-ring (bicyclic) bond motifs is 3. The molecule has 0 unspecified atom stereocenters. The highest BCUT2D eigenvalue weighted by molar-refractivity contribution is 8.14. The van der Waals surface area contributed by atoms with E-state index >= 15 is 0 Å².